The zero-order valence-electron chi connectivity index (χ0n) is 11.1. The topological polar surface area (TPSA) is 41.6 Å². The lowest BCUT2D eigenvalue weighted by Crippen LogP contribution is -2.45. The van der Waals surface area contributed by atoms with E-state index in [1.165, 1.54) is 0 Å². The van der Waals surface area contributed by atoms with Gasteiger partial charge < -0.3 is 15.0 Å². The molecule has 0 radical (unpaired) electrons. The molecule has 0 bridgehead atoms. The van der Waals surface area contributed by atoms with Crippen molar-refractivity contribution in [3.63, 3.8) is 0 Å². The third kappa shape index (κ3) is 2.54. The number of hydrogen-bond donors (Lipinski definition) is 1. The second-order valence-electron chi connectivity index (χ2n) is 4.73. The zero-order chi connectivity index (χ0) is 13.1. The first kappa shape index (κ1) is 13.1. The Kier molecular flexibility index (Phi) is 3.99. The minimum atomic E-state index is -0.165. The van der Waals surface area contributed by atoms with Crippen molar-refractivity contribution < 1.29 is 9.53 Å². The Morgan fingerprint density at radius 3 is 2.94 bits per heavy atom. The molecule has 98 valence electrons. The predicted octanol–water partition coefficient (Wildman–Crippen LogP) is 1.55. The van der Waals surface area contributed by atoms with Crippen LogP contribution in [0, 0.1) is 0 Å². The van der Waals surface area contributed by atoms with Gasteiger partial charge in [-0.1, -0.05) is 18.2 Å². The van der Waals surface area contributed by atoms with Crippen molar-refractivity contribution in [2.75, 3.05) is 18.6 Å². The maximum absolute atomic E-state index is 12.4. The van der Waals surface area contributed by atoms with Crippen molar-refractivity contribution in [3.05, 3.63) is 29.8 Å². The van der Waals surface area contributed by atoms with Crippen LogP contribution in [0.1, 0.15) is 19.4 Å². The Morgan fingerprint density at radius 1 is 1.50 bits per heavy atom. The van der Waals surface area contributed by atoms with Gasteiger partial charge in [0, 0.05) is 19.3 Å². The minimum absolute atomic E-state index is 0.0207. The number of nitrogens with zero attached hydrogens (tertiary/aromatic N) is 1. The summed E-state index contributed by atoms with van der Waals surface area (Å²) < 4.78 is 5.28. The van der Waals surface area contributed by atoms with E-state index < -0.39 is 0 Å². The summed E-state index contributed by atoms with van der Waals surface area (Å²) in [6.07, 6.45) is 0.0207. The molecular weight excluding hydrogens is 228 g/mol. The monoisotopic (exact) mass is 248 g/mol. The summed E-state index contributed by atoms with van der Waals surface area (Å²) in [6, 6.07) is 7.85. The van der Waals surface area contributed by atoms with Gasteiger partial charge >= 0.3 is 0 Å². The predicted molar refractivity (Wildman–Crippen MR) is 71.6 cm³/mol. The van der Waals surface area contributed by atoms with Gasteiger partial charge in [-0.15, -0.1) is 0 Å². The van der Waals surface area contributed by atoms with E-state index in [9.17, 15) is 4.79 Å². The fraction of sp³-hybridized carbons (Fsp3) is 0.500. The molecule has 0 saturated carbocycles. The molecule has 2 rings (SSSR count). The number of fused-ring (bicyclic) bond motifs is 1. The highest BCUT2D eigenvalue weighted by molar-refractivity contribution is 5.98. The minimum Gasteiger partial charge on any atom is -0.380 e. The van der Waals surface area contributed by atoms with Crippen LogP contribution in [0.15, 0.2) is 24.3 Å². The molecule has 0 saturated heterocycles. The number of para-hydroxylation sites is 1. The van der Waals surface area contributed by atoms with E-state index in [0.717, 1.165) is 17.8 Å². The first-order valence-electron chi connectivity index (χ1n) is 6.29. The lowest BCUT2D eigenvalue weighted by atomic mass is 10.1. The van der Waals surface area contributed by atoms with Crippen molar-refractivity contribution in [2.24, 2.45) is 0 Å². The molecule has 2 atom stereocenters. The van der Waals surface area contributed by atoms with Gasteiger partial charge in [0.05, 0.1) is 18.7 Å². The Bertz CT molecular complexity index is 434. The van der Waals surface area contributed by atoms with Crippen LogP contribution >= 0.6 is 0 Å². The quantitative estimate of drug-likeness (QED) is 0.882. The molecule has 1 aliphatic heterocycles. The third-order valence-electron chi connectivity index (χ3n) is 3.36. The highest BCUT2D eigenvalue weighted by Crippen LogP contribution is 2.24. The summed E-state index contributed by atoms with van der Waals surface area (Å²) in [5.74, 6) is 0.101. The summed E-state index contributed by atoms with van der Waals surface area (Å²) in [6.45, 7) is 5.18. The van der Waals surface area contributed by atoms with E-state index in [2.05, 4.69) is 11.4 Å². The van der Waals surface area contributed by atoms with Crippen molar-refractivity contribution in [1.82, 2.24) is 5.32 Å². The number of hydrogen-bond acceptors (Lipinski definition) is 3. The van der Waals surface area contributed by atoms with Crippen LogP contribution < -0.4 is 10.2 Å². The molecule has 1 aromatic rings. The Balaban J connectivity index is 2.35. The molecule has 0 aliphatic carbocycles. The molecule has 1 N–H and O–H groups in total. The second-order valence-corrected chi connectivity index (χ2v) is 4.73. The van der Waals surface area contributed by atoms with E-state index in [1.807, 2.05) is 36.9 Å². The van der Waals surface area contributed by atoms with Crippen molar-refractivity contribution in [1.29, 1.82) is 0 Å². The summed E-state index contributed by atoms with van der Waals surface area (Å²) in [4.78, 5) is 14.2. The van der Waals surface area contributed by atoms with Crippen LogP contribution in [-0.2, 0) is 16.1 Å². The van der Waals surface area contributed by atoms with E-state index in [0.29, 0.717) is 6.54 Å². The van der Waals surface area contributed by atoms with Gasteiger partial charge in [0.15, 0.2) is 0 Å². The van der Waals surface area contributed by atoms with Gasteiger partial charge in [-0.3, -0.25) is 4.79 Å². The molecule has 1 amide bonds. The zero-order valence-corrected chi connectivity index (χ0v) is 11.1. The SMILES string of the molecule is COC(C)CN1C(=O)C(C)NCc2ccccc21. The molecule has 0 aromatic heterocycles. The fourth-order valence-electron chi connectivity index (χ4n) is 2.15. The highest BCUT2D eigenvalue weighted by atomic mass is 16.5. The fourth-order valence-corrected chi connectivity index (χ4v) is 2.15. The molecule has 0 spiro atoms. The number of benzene rings is 1. The van der Waals surface area contributed by atoms with Gasteiger partial charge in [-0.2, -0.15) is 0 Å². The summed E-state index contributed by atoms with van der Waals surface area (Å²) >= 11 is 0. The third-order valence-corrected chi connectivity index (χ3v) is 3.36. The molecule has 2 unspecified atom stereocenters. The maximum Gasteiger partial charge on any atom is 0.243 e. The summed E-state index contributed by atoms with van der Waals surface area (Å²) in [5, 5.41) is 3.24. The van der Waals surface area contributed by atoms with Crippen molar-refractivity contribution in [3.8, 4) is 0 Å². The number of methoxy groups -OCH3 is 1. The normalized spacial score (nSPS) is 21.4. The Hall–Kier alpha value is -1.39. The maximum atomic E-state index is 12.4. The van der Waals surface area contributed by atoms with Crippen molar-refractivity contribution in [2.45, 2.75) is 32.5 Å². The standard InChI is InChI=1S/C14H20N2O2/c1-10(18-3)9-16-13-7-5-4-6-12(13)8-15-11(2)14(16)17/h4-7,10-11,15H,8-9H2,1-3H3. The molecule has 18 heavy (non-hydrogen) atoms. The molecule has 4 heteroatoms. The van der Waals surface area contributed by atoms with Gasteiger partial charge in [0.2, 0.25) is 5.91 Å². The lowest BCUT2D eigenvalue weighted by Gasteiger charge is -2.26. The largest absolute Gasteiger partial charge is 0.380 e. The van der Waals surface area contributed by atoms with Gasteiger partial charge in [-0.25, -0.2) is 0 Å². The Morgan fingerprint density at radius 2 is 2.22 bits per heavy atom. The second kappa shape index (κ2) is 5.50. The average molecular weight is 248 g/mol. The van der Waals surface area contributed by atoms with E-state index >= 15 is 0 Å². The number of rotatable bonds is 3. The van der Waals surface area contributed by atoms with Crippen LogP contribution in [-0.4, -0.2) is 31.7 Å². The number of carbonyl (C=O) groups excluding carboxylic acids is 1. The van der Waals surface area contributed by atoms with E-state index in [1.54, 1.807) is 7.11 Å². The van der Waals surface area contributed by atoms with Crippen LogP contribution in [0.5, 0.6) is 0 Å². The molecule has 1 aromatic carbocycles. The molecule has 4 nitrogen and oxygen atoms in total. The van der Waals surface area contributed by atoms with Crippen molar-refractivity contribution >= 4 is 11.6 Å². The molecule has 1 aliphatic rings. The number of nitrogens with one attached hydrogen (secondary N) is 1. The molecule has 0 fully saturated rings. The average Bonchev–Trinajstić information content (AvgIpc) is 2.51. The first-order valence-corrected chi connectivity index (χ1v) is 6.29. The smallest absolute Gasteiger partial charge is 0.243 e. The van der Waals surface area contributed by atoms with Gasteiger partial charge in [0.1, 0.15) is 0 Å². The van der Waals surface area contributed by atoms with E-state index in [4.69, 9.17) is 4.74 Å². The number of amides is 1. The molecule has 1 heterocycles. The number of carbonyl (C=O) groups is 1. The van der Waals surface area contributed by atoms with Crippen LogP contribution in [0.2, 0.25) is 0 Å². The van der Waals surface area contributed by atoms with Crippen LogP contribution in [0.3, 0.4) is 0 Å². The van der Waals surface area contributed by atoms with E-state index in [-0.39, 0.29) is 18.1 Å². The Labute approximate surface area is 108 Å². The number of ether oxygens (including phenoxy) is 1. The van der Waals surface area contributed by atoms with Gasteiger partial charge in [-0.05, 0) is 25.5 Å². The number of anilines is 1. The van der Waals surface area contributed by atoms with Crippen LogP contribution in [0.4, 0.5) is 5.69 Å². The van der Waals surface area contributed by atoms with Crippen LogP contribution in [0.25, 0.3) is 0 Å². The summed E-state index contributed by atoms with van der Waals surface area (Å²) in [7, 11) is 1.67. The lowest BCUT2D eigenvalue weighted by molar-refractivity contribution is -0.120. The first-order chi connectivity index (χ1) is 8.63. The highest BCUT2D eigenvalue weighted by Gasteiger charge is 2.27. The molecular formula is C14H20N2O2. The summed E-state index contributed by atoms with van der Waals surface area (Å²) in [5.41, 5.74) is 2.14. The van der Waals surface area contributed by atoms with Gasteiger partial charge in [0.25, 0.3) is 0 Å².